The number of rotatable bonds is 6. The maximum atomic E-state index is 5.38. The van der Waals surface area contributed by atoms with Crippen LogP contribution in [0.1, 0.15) is 38.1 Å². The predicted octanol–water partition coefficient (Wildman–Crippen LogP) is 2.33. The third kappa shape index (κ3) is 3.96. The topological polar surface area (TPSA) is 41.3 Å². The molecule has 18 heavy (non-hydrogen) atoms. The van der Waals surface area contributed by atoms with Crippen LogP contribution in [0.2, 0.25) is 0 Å². The van der Waals surface area contributed by atoms with Crippen LogP contribution < -0.4 is 5.32 Å². The van der Waals surface area contributed by atoms with Gasteiger partial charge in [-0.1, -0.05) is 23.7 Å². The zero-order valence-corrected chi connectivity index (χ0v) is 11.4. The minimum Gasteiger partial charge on any atom is -0.360 e. The predicted molar refractivity (Wildman–Crippen MR) is 72.2 cm³/mol. The Morgan fingerprint density at radius 1 is 1.50 bits per heavy atom. The van der Waals surface area contributed by atoms with E-state index in [1.165, 1.54) is 5.57 Å². The average Bonchev–Trinajstić information content (AvgIpc) is 2.77. The third-order valence-corrected chi connectivity index (χ3v) is 3.13. The molecule has 0 saturated heterocycles. The van der Waals surface area contributed by atoms with Gasteiger partial charge < -0.3 is 9.84 Å². The van der Waals surface area contributed by atoms with E-state index in [0.717, 1.165) is 57.0 Å². The molecular formula is C14H23N3O. The van der Waals surface area contributed by atoms with Crippen LogP contribution in [0.5, 0.6) is 0 Å². The van der Waals surface area contributed by atoms with Gasteiger partial charge in [-0.05, 0) is 26.3 Å². The Hall–Kier alpha value is -1.13. The fourth-order valence-electron chi connectivity index (χ4n) is 2.25. The summed E-state index contributed by atoms with van der Waals surface area (Å²) < 4.78 is 5.38. The molecular weight excluding hydrogens is 226 g/mol. The first-order valence-corrected chi connectivity index (χ1v) is 6.81. The SMILES string of the molecule is CCCNCc1cc(CN2CCC=C(C)C2)on1. The fourth-order valence-corrected chi connectivity index (χ4v) is 2.25. The van der Waals surface area contributed by atoms with Crippen LogP contribution in [0, 0.1) is 0 Å². The van der Waals surface area contributed by atoms with Crippen molar-refractivity contribution in [3.8, 4) is 0 Å². The lowest BCUT2D eigenvalue weighted by atomic mass is 10.1. The van der Waals surface area contributed by atoms with E-state index in [1.54, 1.807) is 0 Å². The molecule has 0 aliphatic carbocycles. The van der Waals surface area contributed by atoms with Crippen molar-refractivity contribution in [3.63, 3.8) is 0 Å². The van der Waals surface area contributed by atoms with Crippen molar-refractivity contribution in [2.24, 2.45) is 0 Å². The summed E-state index contributed by atoms with van der Waals surface area (Å²) in [4.78, 5) is 2.40. The Balaban J connectivity index is 1.81. The average molecular weight is 249 g/mol. The lowest BCUT2D eigenvalue weighted by Crippen LogP contribution is -2.28. The second-order valence-electron chi connectivity index (χ2n) is 5.01. The molecule has 0 bridgehead atoms. The van der Waals surface area contributed by atoms with Gasteiger partial charge in [-0.15, -0.1) is 0 Å². The second kappa shape index (κ2) is 6.71. The van der Waals surface area contributed by atoms with Crippen molar-refractivity contribution in [1.29, 1.82) is 0 Å². The van der Waals surface area contributed by atoms with E-state index in [2.05, 4.69) is 41.4 Å². The Morgan fingerprint density at radius 2 is 2.39 bits per heavy atom. The molecule has 2 rings (SSSR count). The quantitative estimate of drug-likeness (QED) is 0.620. The molecule has 0 atom stereocenters. The van der Waals surface area contributed by atoms with Crippen molar-refractivity contribution >= 4 is 0 Å². The number of nitrogens with one attached hydrogen (secondary N) is 1. The van der Waals surface area contributed by atoms with E-state index < -0.39 is 0 Å². The molecule has 1 aromatic heterocycles. The van der Waals surface area contributed by atoms with Gasteiger partial charge in [-0.3, -0.25) is 4.90 Å². The van der Waals surface area contributed by atoms with E-state index in [1.807, 2.05) is 0 Å². The van der Waals surface area contributed by atoms with Crippen molar-refractivity contribution < 1.29 is 4.52 Å². The van der Waals surface area contributed by atoms with Gasteiger partial charge in [0, 0.05) is 25.7 Å². The molecule has 0 fully saturated rings. The van der Waals surface area contributed by atoms with Gasteiger partial charge in [0.1, 0.15) is 0 Å². The lowest BCUT2D eigenvalue weighted by molar-refractivity contribution is 0.242. The first kappa shape index (κ1) is 13.3. The molecule has 0 radical (unpaired) electrons. The molecule has 1 N–H and O–H groups in total. The van der Waals surface area contributed by atoms with Gasteiger partial charge in [0.25, 0.3) is 0 Å². The maximum Gasteiger partial charge on any atom is 0.151 e. The van der Waals surface area contributed by atoms with E-state index in [0.29, 0.717) is 0 Å². The molecule has 1 aromatic rings. The number of aromatic nitrogens is 1. The zero-order chi connectivity index (χ0) is 12.8. The molecule has 1 aliphatic rings. The first-order valence-electron chi connectivity index (χ1n) is 6.81. The monoisotopic (exact) mass is 249 g/mol. The lowest BCUT2D eigenvalue weighted by Gasteiger charge is -2.24. The number of hydrogen-bond donors (Lipinski definition) is 1. The normalized spacial score (nSPS) is 16.9. The second-order valence-corrected chi connectivity index (χ2v) is 5.01. The summed E-state index contributed by atoms with van der Waals surface area (Å²) in [5.74, 6) is 0.970. The van der Waals surface area contributed by atoms with Gasteiger partial charge in [-0.25, -0.2) is 0 Å². The van der Waals surface area contributed by atoms with E-state index in [-0.39, 0.29) is 0 Å². The van der Waals surface area contributed by atoms with Gasteiger partial charge in [0.2, 0.25) is 0 Å². The van der Waals surface area contributed by atoms with Crippen LogP contribution in [0.25, 0.3) is 0 Å². The Bertz CT molecular complexity index is 397. The standard InChI is InChI=1S/C14H23N3O/c1-3-6-15-9-13-8-14(18-16-13)11-17-7-4-5-12(2)10-17/h5,8,15H,3-4,6-7,9-11H2,1-2H3. The van der Waals surface area contributed by atoms with E-state index in [9.17, 15) is 0 Å². The molecule has 1 aliphatic heterocycles. The summed E-state index contributed by atoms with van der Waals surface area (Å²) in [6, 6.07) is 2.07. The van der Waals surface area contributed by atoms with Crippen LogP contribution >= 0.6 is 0 Å². The summed E-state index contributed by atoms with van der Waals surface area (Å²) >= 11 is 0. The minimum absolute atomic E-state index is 0.802. The summed E-state index contributed by atoms with van der Waals surface area (Å²) in [6.45, 7) is 9.20. The Morgan fingerprint density at radius 3 is 3.17 bits per heavy atom. The van der Waals surface area contributed by atoms with Crippen LogP contribution in [-0.2, 0) is 13.1 Å². The molecule has 0 aromatic carbocycles. The maximum absolute atomic E-state index is 5.38. The molecule has 100 valence electrons. The van der Waals surface area contributed by atoms with Crippen LogP contribution in [0.3, 0.4) is 0 Å². The van der Waals surface area contributed by atoms with Crippen LogP contribution in [-0.4, -0.2) is 29.7 Å². The Labute approximate surface area is 109 Å². The minimum atomic E-state index is 0.802. The summed E-state index contributed by atoms with van der Waals surface area (Å²) in [6.07, 6.45) is 4.60. The summed E-state index contributed by atoms with van der Waals surface area (Å²) in [5, 5.41) is 7.42. The molecule has 4 nitrogen and oxygen atoms in total. The van der Waals surface area contributed by atoms with Gasteiger partial charge in [0.15, 0.2) is 5.76 Å². The highest BCUT2D eigenvalue weighted by atomic mass is 16.5. The Kier molecular flexibility index (Phi) is 4.96. The van der Waals surface area contributed by atoms with Gasteiger partial charge >= 0.3 is 0 Å². The van der Waals surface area contributed by atoms with Crippen molar-refractivity contribution in [3.05, 3.63) is 29.2 Å². The highest BCUT2D eigenvalue weighted by molar-refractivity contribution is 5.08. The third-order valence-electron chi connectivity index (χ3n) is 3.13. The molecule has 0 amide bonds. The van der Waals surface area contributed by atoms with Gasteiger partial charge in [-0.2, -0.15) is 0 Å². The van der Waals surface area contributed by atoms with Gasteiger partial charge in [0.05, 0.1) is 12.2 Å². The zero-order valence-electron chi connectivity index (χ0n) is 11.4. The van der Waals surface area contributed by atoms with Crippen LogP contribution in [0.15, 0.2) is 22.2 Å². The number of nitrogens with zero attached hydrogens (tertiary/aromatic N) is 2. The molecule has 0 unspecified atom stereocenters. The van der Waals surface area contributed by atoms with Crippen molar-refractivity contribution in [1.82, 2.24) is 15.4 Å². The highest BCUT2D eigenvalue weighted by Gasteiger charge is 2.13. The molecule has 0 saturated carbocycles. The van der Waals surface area contributed by atoms with E-state index >= 15 is 0 Å². The fraction of sp³-hybridized carbons (Fsp3) is 0.643. The smallest absolute Gasteiger partial charge is 0.151 e. The van der Waals surface area contributed by atoms with E-state index in [4.69, 9.17) is 4.52 Å². The molecule has 0 spiro atoms. The first-order chi connectivity index (χ1) is 8.78. The van der Waals surface area contributed by atoms with Crippen molar-refractivity contribution in [2.45, 2.75) is 39.8 Å². The highest BCUT2D eigenvalue weighted by Crippen LogP contribution is 2.13. The largest absolute Gasteiger partial charge is 0.360 e. The molecule has 2 heterocycles. The summed E-state index contributed by atoms with van der Waals surface area (Å²) in [7, 11) is 0. The number of hydrogen-bond acceptors (Lipinski definition) is 4. The summed E-state index contributed by atoms with van der Waals surface area (Å²) in [5.41, 5.74) is 2.45. The van der Waals surface area contributed by atoms with Crippen molar-refractivity contribution in [2.75, 3.05) is 19.6 Å². The molecule has 4 heteroatoms. The van der Waals surface area contributed by atoms with Crippen LogP contribution in [0.4, 0.5) is 0 Å².